The second kappa shape index (κ2) is 6.86. The highest BCUT2D eigenvalue weighted by Gasteiger charge is 2.37. The number of hydrogen-bond acceptors (Lipinski definition) is 6. The topological polar surface area (TPSA) is 74.3 Å². The number of aldehydes is 1. The van der Waals surface area contributed by atoms with E-state index in [2.05, 4.69) is 10.4 Å². The largest absolute Gasteiger partial charge is 0.419 e. The van der Waals surface area contributed by atoms with Gasteiger partial charge in [0.25, 0.3) is 0 Å². The fourth-order valence-corrected chi connectivity index (χ4v) is 2.68. The third-order valence-electron chi connectivity index (χ3n) is 4.13. The number of benzene rings is 2. The lowest BCUT2D eigenvalue weighted by atomic mass is 10.1. The fraction of sp³-hybridized carbons (Fsp3) is 0.235. The molecule has 0 radical (unpaired) electrons. The molecule has 10 heteroatoms. The predicted molar refractivity (Wildman–Crippen MR) is 89.7 cm³/mol. The Balaban J connectivity index is 1.86. The van der Waals surface area contributed by atoms with Crippen LogP contribution in [0.3, 0.4) is 0 Å². The minimum atomic E-state index is -4.87. The van der Waals surface area contributed by atoms with Crippen molar-refractivity contribution < 1.29 is 22.4 Å². The third kappa shape index (κ3) is 3.69. The van der Waals surface area contributed by atoms with Gasteiger partial charge in [-0.15, -0.1) is 0 Å². The van der Waals surface area contributed by atoms with Gasteiger partial charge in [-0.1, -0.05) is 17.4 Å². The number of rotatable bonds is 4. The Morgan fingerprint density at radius 1 is 1.19 bits per heavy atom. The lowest BCUT2D eigenvalue weighted by Crippen LogP contribution is -2.39. The van der Waals surface area contributed by atoms with E-state index in [-0.39, 0.29) is 12.2 Å². The number of alkyl halides is 3. The molecule has 2 aromatic rings. The standard InChI is InChI=1S/C17H15F4N5O/c1-10-6-11(2-5-15(10)22)8-25-16(9-27)26(24-23-25)12-3-4-14(18)13(7-12)17(19,20)21/h2-7,9,16H,8,22H2,1H3. The van der Waals surface area contributed by atoms with E-state index >= 15 is 0 Å². The Hall–Kier alpha value is -3.17. The normalized spacial score (nSPS) is 16.9. The minimum Gasteiger partial charge on any atom is -0.399 e. The first-order valence-corrected chi connectivity index (χ1v) is 7.85. The van der Waals surface area contributed by atoms with E-state index in [1.165, 1.54) is 5.01 Å². The summed E-state index contributed by atoms with van der Waals surface area (Å²) in [5.74, 6) is -1.40. The molecule has 0 aliphatic carbocycles. The van der Waals surface area contributed by atoms with Crippen LogP contribution in [0.15, 0.2) is 46.8 Å². The zero-order valence-corrected chi connectivity index (χ0v) is 14.1. The van der Waals surface area contributed by atoms with Gasteiger partial charge in [0.2, 0.25) is 0 Å². The number of carbonyl (C=O) groups excluding carboxylic acids is 1. The van der Waals surface area contributed by atoms with Crippen LogP contribution in [-0.4, -0.2) is 17.5 Å². The molecule has 2 N–H and O–H groups in total. The van der Waals surface area contributed by atoms with Crippen LogP contribution in [0.25, 0.3) is 0 Å². The number of hydrogen-bond donors (Lipinski definition) is 1. The first-order chi connectivity index (χ1) is 12.7. The van der Waals surface area contributed by atoms with Crippen molar-refractivity contribution in [3.05, 3.63) is 58.9 Å². The van der Waals surface area contributed by atoms with Crippen LogP contribution in [0.5, 0.6) is 0 Å². The highest BCUT2D eigenvalue weighted by atomic mass is 19.4. The summed E-state index contributed by atoms with van der Waals surface area (Å²) in [6, 6.07) is 7.67. The molecule has 2 aromatic carbocycles. The summed E-state index contributed by atoms with van der Waals surface area (Å²) in [6.07, 6.45) is -5.43. The molecule has 0 spiro atoms. The first-order valence-electron chi connectivity index (χ1n) is 7.85. The van der Waals surface area contributed by atoms with Crippen molar-refractivity contribution >= 4 is 17.7 Å². The molecular weight excluding hydrogens is 366 g/mol. The maximum Gasteiger partial charge on any atom is 0.419 e. The Morgan fingerprint density at radius 2 is 1.93 bits per heavy atom. The van der Waals surface area contributed by atoms with Gasteiger partial charge in [-0.2, -0.15) is 13.2 Å². The average Bonchev–Trinajstić information content (AvgIpc) is 3.00. The first kappa shape index (κ1) is 18.6. The van der Waals surface area contributed by atoms with Crippen LogP contribution in [0.2, 0.25) is 0 Å². The van der Waals surface area contributed by atoms with Gasteiger partial charge in [-0.25, -0.2) is 14.4 Å². The number of carbonyl (C=O) groups is 1. The zero-order chi connectivity index (χ0) is 19.8. The summed E-state index contributed by atoms with van der Waals surface area (Å²) in [7, 11) is 0. The maximum absolute atomic E-state index is 13.5. The molecule has 0 fully saturated rings. The molecule has 27 heavy (non-hydrogen) atoms. The van der Waals surface area contributed by atoms with Crippen LogP contribution in [0, 0.1) is 12.7 Å². The summed E-state index contributed by atoms with van der Waals surface area (Å²) < 4.78 is 52.3. The summed E-state index contributed by atoms with van der Waals surface area (Å²) in [4.78, 5) is 11.5. The summed E-state index contributed by atoms with van der Waals surface area (Å²) in [6.45, 7) is 2.02. The molecule has 142 valence electrons. The molecular formula is C17H15F4N5O. The Bertz CT molecular complexity index is 899. The molecule has 6 nitrogen and oxygen atoms in total. The summed E-state index contributed by atoms with van der Waals surface area (Å²) in [5, 5.41) is 9.94. The average molecular weight is 381 g/mol. The molecule has 1 unspecified atom stereocenters. The molecule has 0 saturated carbocycles. The van der Waals surface area contributed by atoms with E-state index in [0.29, 0.717) is 24.1 Å². The summed E-state index contributed by atoms with van der Waals surface area (Å²) in [5.41, 5.74) is 6.49. The van der Waals surface area contributed by atoms with Crippen molar-refractivity contribution in [2.45, 2.75) is 25.8 Å². The van der Waals surface area contributed by atoms with Crippen molar-refractivity contribution in [2.24, 2.45) is 10.4 Å². The molecule has 1 aliphatic heterocycles. The van der Waals surface area contributed by atoms with Crippen molar-refractivity contribution in [3.63, 3.8) is 0 Å². The SMILES string of the molecule is Cc1cc(CN2N=NN(c3ccc(F)c(C(F)(F)F)c3)C2C=O)ccc1N. The Labute approximate surface area is 151 Å². The van der Waals surface area contributed by atoms with Crippen LogP contribution in [0.4, 0.5) is 28.9 Å². The van der Waals surface area contributed by atoms with Crippen molar-refractivity contribution in [3.8, 4) is 0 Å². The molecule has 3 rings (SSSR count). The number of anilines is 2. The van der Waals surface area contributed by atoms with Gasteiger partial charge in [-0.05, 0) is 47.5 Å². The van der Waals surface area contributed by atoms with Crippen molar-refractivity contribution in [2.75, 3.05) is 10.7 Å². The Kier molecular flexibility index (Phi) is 4.73. The number of aryl methyl sites for hydroxylation is 1. The number of nitrogens with two attached hydrogens (primary N) is 1. The van der Waals surface area contributed by atoms with E-state index in [1.54, 1.807) is 12.1 Å². The van der Waals surface area contributed by atoms with Crippen molar-refractivity contribution in [1.29, 1.82) is 0 Å². The summed E-state index contributed by atoms with van der Waals surface area (Å²) >= 11 is 0. The highest BCUT2D eigenvalue weighted by molar-refractivity contribution is 5.66. The molecule has 0 amide bonds. The number of nitrogen functional groups attached to an aromatic ring is 1. The molecule has 1 heterocycles. The molecule has 1 aliphatic rings. The highest BCUT2D eigenvalue weighted by Crippen LogP contribution is 2.35. The lowest BCUT2D eigenvalue weighted by Gasteiger charge is -2.24. The minimum absolute atomic E-state index is 0.0967. The zero-order valence-electron chi connectivity index (χ0n) is 14.1. The van der Waals surface area contributed by atoms with Gasteiger partial charge >= 0.3 is 6.18 Å². The quantitative estimate of drug-likeness (QED) is 0.496. The molecule has 0 saturated heterocycles. The van der Waals surface area contributed by atoms with Crippen molar-refractivity contribution in [1.82, 2.24) is 5.01 Å². The smallest absolute Gasteiger partial charge is 0.399 e. The van der Waals surface area contributed by atoms with Gasteiger partial charge in [0.1, 0.15) is 5.82 Å². The maximum atomic E-state index is 13.5. The molecule has 0 aromatic heterocycles. The number of halogens is 4. The second-order valence-electron chi connectivity index (χ2n) is 6.02. The monoisotopic (exact) mass is 381 g/mol. The molecule has 1 atom stereocenters. The van der Waals surface area contributed by atoms with Crippen LogP contribution >= 0.6 is 0 Å². The van der Waals surface area contributed by atoms with Gasteiger partial charge in [0.15, 0.2) is 12.5 Å². The van der Waals surface area contributed by atoms with E-state index in [0.717, 1.165) is 22.2 Å². The van der Waals surface area contributed by atoms with Crippen LogP contribution < -0.4 is 10.7 Å². The van der Waals surface area contributed by atoms with Gasteiger partial charge < -0.3 is 5.73 Å². The van der Waals surface area contributed by atoms with E-state index in [1.807, 2.05) is 13.0 Å². The molecule has 0 bridgehead atoms. The Morgan fingerprint density at radius 3 is 2.56 bits per heavy atom. The predicted octanol–water partition coefficient (Wildman–Crippen LogP) is 3.86. The van der Waals surface area contributed by atoms with E-state index in [4.69, 9.17) is 5.73 Å². The van der Waals surface area contributed by atoms with Crippen LogP contribution in [-0.2, 0) is 17.5 Å². The fourth-order valence-electron chi connectivity index (χ4n) is 2.68. The third-order valence-corrected chi connectivity index (χ3v) is 4.13. The van der Waals surface area contributed by atoms with E-state index in [9.17, 15) is 22.4 Å². The number of nitrogens with zero attached hydrogens (tertiary/aromatic N) is 4. The van der Waals surface area contributed by atoms with Gasteiger partial charge in [0.05, 0.1) is 17.8 Å². The lowest BCUT2D eigenvalue weighted by molar-refractivity contribution is -0.139. The van der Waals surface area contributed by atoms with Gasteiger partial charge in [0, 0.05) is 5.69 Å². The van der Waals surface area contributed by atoms with E-state index < -0.39 is 23.7 Å². The van der Waals surface area contributed by atoms with Crippen LogP contribution in [0.1, 0.15) is 16.7 Å². The second-order valence-corrected chi connectivity index (χ2v) is 6.02. The van der Waals surface area contributed by atoms with Gasteiger partial charge in [-0.3, -0.25) is 4.79 Å².